The van der Waals surface area contributed by atoms with Crippen molar-refractivity contribution in [1.82, 2.24) is 0 Å². The fraction of sp³-hybridized carbons (Fsp3) is 0.625. The molecular weight excluding hydrogens is 222 g/mol. The molecule has 1 atom stereocenters. The molecule has 1 fully saturated rings. The number of aliphatic hydroxyl groups excluding tert-OH is 1. The number of hydrogen-bond donors (Lipinski definition) is 1. The Labute approximate surface area is 111 Å². The third-order valence-electron chi connectivity index (χ3n) is 4.30. The molecule has 0 aliphatic heterocycles. The van der Waals surface area contributed by atoms with E-state index in [0.717, 1.165) is 11.5 Å². The van der Waals surface area contributed by atoms with E-state index in [0.29, 0.717) is 6.04 Å². The van der Waals surface area contributed by atoms with Gasteiger partial charge in [-0.15, -0.1) is 0 Å². The summed E-state index contributed by atoms with van der Waals surface area (Å²) in [7, 11) is 2.17. The number of nitrogens with zero attached hydrogens (tertiary/aromatic N) is 1. The number of benzene rings is 1. The van der Waals surface area contributed by atoms with E-state index in [2.05, 4.69) is 31.0 Å². The Balaban J connectivity index is 2.15. The van der Waals surface area contributed by atoms with Crippen molar-refractivity contribution < 1.29 is 5.11 Å². The first-order valence-electron chi connectivity index (χ1n) is 7.09. The number of para-hydroxylation sites is 1. The lowest BCUT2D eigenvalue weighted by atomic mass is 9.86. The van der Waals surface area contributed by atoms with Crippen LogP contribution < -0.4 is 4.90 Å². The van der Waals surface area contributed by atoms with Gasteiger partial charge >= 0.3 is 0 Å². The minimum Gasteiger partial charge on any atom is -0.389 e. The van der Waals surface area contributed by atoms with Gasteiger partial charge in [-0.3, -0.25) is 0 Å². The Morgan fingerprint density at radius 3 is 2.39 bits per heavy atom. The Hall–Kier alpha value is -1.02. The number of anilines is 1. The molecule has 1 unspecified atom stereocenters. The summed E-state index contributed by atoms with van der Waals surface area (Å²) >= 11 is 0. The summed E-state index contributed by atoms with van der Waals surface area (Å²) in [5.74, 6) is 0.877. The molecular formula is C16H25NO. The molecule has 2 nitrogen and oxygen atoms in total. The molecule has 100 valence electrons. The lowest BCUT2D eigenvalue weighted by molar-refractivity contribution is 0.199. The Morgan fingerprint density at radius 1 is 1.17 bits per heavy atom. The predicted molar refractivity (Wildman–Crippen MR) is 76.9 cm³/mol. The standard InChI is InChI=1S/C16H25NO/c1-12-8-10-14(11-9-12)17(3)16-7-5-4-6-15(16)13(2)18/h4-7,12-14,18H,8-11H2,1-3H3. The second-order valence-electron chi connectivity index (χ2n) is 5.76. The van der Waals surface area contributed by atoms with E-state index in [9.17, 15) is 5.11 Å². The van der Waals surface area contributed by atoms with Gasteiger partial charge in [0.2, 0.25) is 0 Å². The van der Waals surface area contributed by atoms with Gasteiger partial charge in [0.15, 0.2) is 0 Å². The van der Waals surface area contributed by atoms with Crippen molar-refractivity contribution in [1.29, 1.82) is 0 Å². The summed E-state index contributed by atoms with van der Waals surface area (Å²) in [5.41, 5.74) is 2.23. The van der Waals surface area contributed by atoms with E-state index in [1.54, 1.807) is 0 Å². The highest BCUT2D eigenvalue weighted by Crippen LogP contribution is 2.32. The van der Waals surface area contributed by atoms with Crippen molar-refractivity contribution in [2.75, 3.05) is 11.9 Å². The lowest BCUT2D eigenvalue weighted by Gasteiger charge is -2.36. The van der Waals surface area contributed by atoms with Crippen LogP contribution in [-0.2, 0) is 0 Å². The molecule has 0 heterocycles. The normalized spacial score (nSPS) is 25.8. The monoisotopic (exact) mass is 247 g/mol. The van der Waals surface area contributed by atoms with Crippen LogP contribution in [0.3, 0.4) is 0 Å². The molecule has 2 rings (SSSR count). The number of aliphatic hydroxyl groups is 1. The quantitative estimate of drug-likeness (QED) is 0.879. The summed E-state index contributed by atoms with van der Waals surface area (Å²) < 4.78 is 0. The molecule has 18 heavy (non-hydrogen) atoms. The predicted octanol–water partition coefficient (Wildman–Crippen LogP) is 3.75. The maximum atomic E-state index is 9.87. The zero-order chi connectivity index (χ0) is 13.1. The lowest BCUT2D eigenvalue weighted by Crippen LogP contribution is -2.35. The second-order valence-corrected chi connectivity index (χ2v) is 5.76. The van der Waals surface area contributed by atoms with Crippen molar-refractivity contribution in [2.45, 2.75) is 51.7 Å². The summed E-state index contributed by atoms with van der Waals surface area (Å²) in [4.78, 5) is 2.37. The molecule has 1 N–H and O–H groups in total. The SMILES string of the molecule is CC1CCC(N(C)c2ccccc2C(C)O)CC1. The van der Waals surface area contributed by atoms with E-state index >= 15 is 0 Å². The second kappa shape index (κ2) is 5.75. The molecule has 0 aromatic heterocycles. The van der Waals surface area contributed by atoms with Gasteiger partial charge in [0.05, 0.1) is 6.10 Å². The van der Waals surface area contributed by atoms with Crippen molar-refractivity contribution in [3.05, 3.63) is 29.8 Å². The average molecular weight is 247 g/mol. The van der Waals surface area contributed by atoms with E-state index < -0.39 is 6.10 Å². The van der Waals surface area contributed by atoms with Gasteiger partial charge in [0, 0.05) is 24.3 Å². The minimum atomic E-state index is -0.397. The third-order valence-corrected chi connectivity index (χ3v) is 4.30. The highest BCUT2D eigenvalue weighted by Gasteiger charge is 2.23. The molecule has 0 radical (unpaired) electrons. The Kier molecular flexibility index (Phi) is 4.28. The van der Waals surface area contributed by atoms with Crippen LogP contribution in [0.25, 0.3) is 0 Å². The maximum Gasteiger partial charge on any atom is 0.0781 e. The maximum absolute atomic E-state index is 9.87. The van der Waals surface area contributed by atoms with Crippen LogP contribution in [0.4, 0.5) is 5.69 Å². The van der Waals surface area contributed by atoms with Gasteiger partial charge in [-0.1, -0.05) is 25.1 Å². The van der Waals surface area contributed by atoms with E-state index in [1.807, 2.05) is 19.1 Å². The molecule has 0 saturated heterocycles. The smallest absolute Gasteiger partial charge is 0.0781 e. The topological polar surface area (TPSA) is 23.5 Å². The zero-order valence-corrected chi connectivity index (χ0v) is 11.8. The number of hydrogen-bond acceptors (Lipinski definition) is 2. The minimum absolute atomic E-state index is 0.397. The molecule has 1 aromatic carbocycles. The van der Waals surface area contributed by atoms with Crippen LogP contribution >= 0.6 is 0 Å². The van der Waals surface area contributed by atoms with E-state index in [4.69, 9.17) is 0 Å². The molecule has 0 spiro atoms. The third kappa shape index (κ3) is 2.86. The van der Waals surface area contributed by atoms with Gasteiger partial charge in [-0.25, -0.2) is 0 Å². The van der Waals surface area contributed by atoms with Gasteiger partial charge < -0.3 is 10.0 Å². The fourth-order valence-corrected chi connectivity index (χ4v) is 2.99. The summed E-state index contributed by atoms with van der Waals surface area (Å²) in [6.45, 7) is 4.19. The van der Waals surface area contributed by atoms with Crippen LogP contribution in [0, 0.1) is 5.92 Å². The van der Waals surface area contributed by atoms with Crippen molar-refractivity contribution in [2.24, 2.45) is 5.92 Å². The van der Waals surface area contributed by atoms with Crippen LogP contribution in [0.1, 0.15) is 51.2 Å². The van der Waals surface area contributed by atoms with Crippen molar-refractivity contribution in [3.63, 3.8) is 0 Å². The molecule has 2 heteroatoms. The first kappa shape index (κ1) is 13.4. The molecule has 0 bridgehead atoms. The van der Waals surface area contributed by atoms with Gasteiger partial charge in [-0.2, -0.15) is 0 Å². The van der Waals surface area contributed by atoms with Crippen LogP contribution in [-0.4, -0.2) is 18.2 Å². The molecule has 0 amide bonds. The van der Waals surface area contributed by atoms with Crippen molar-refractivity contribution >= 4 is 5.69 Å². The van der Waals surface area contributed by atoms with Gasteiger partial charge in [-0.05, 0) is 44.6 Å². The molecule has 1 saturated carbocycles. The highest BCUT2D eigenvalue weighted by atomic mass is 16.3. The first-order chi connectivity index (χ1) is 8.59. The summed E-state index contributed by atoms with van der Waals surface area (Å²) in [6.07, 6.45) is 4.79. The summed E-state index contributed by atoms with van der Waals surface area (Å²) in [5, 5.41) is 9.87. The number of rotatable bonds is 3. The van der Waals surface area contributed by atoms with Crippen LogP contribution in [0.5, 0.6) is 0 Å². The fourth-order valence-electron chi connectivity index (χ4n) is 2.99. The molecule has 1 aliphatic carbocycles. The van der Waals surface area contributed by atoms with Crippen LogP contribution in [0.15, 0.2) is 24.3 Å². The first-order valence-corrected chi connectivity index (χ1v) is 7.09. The van der Waals surface area contributed by atoms with Crippen molar-refractivity contribution in [3.8, 4) is 0 Å². The molecule has 1 aromatic rings. The van der Waals surface area contributed by atoms with Gasteiger partial charge in [0.1, 0.15) is 0 Å². The van der Waals surface area contributed by atoms with E-state index in [1.165, 1.54) is 31.4 Å². The van der Waals surface area contributed by atoms with Gasteiger partial charge in [0.25, 0.3) is 0 Å². The summed E-state index contributed by atoms with van der Waals surface area (Å²) in [6, 6.07) is 8.84. The Bertz CT molecular complexity index is 380. The average Bonchev–Trinajstić information content (AvgIpc) is 2.39. The Morgan fingerprint density at radius 2 is 1.78 bits per heavy atom. The van der Waals surface area contributed by atoms with E-state index in [-0.39, 0.29) is 0 Å². The highest BCUT2D eigenvalue weighted by molar-refractivity contribution is 5.54. The zero-order valence-electron chi connectivity index (χ0n) is 11.8. The molecule has 1 aliphatic rings. The van der Waals surface area contributed by atoms with Crippen LogP contribution in [0.2, 0.25) is 0 Å². The largest absolute Gasteiger partial charge is 0.389 e.